The number of carboxylic acids is 1. The number of nitrogens with zero attached hydrogens (tertiary/aromatic N) is 1. The quantitative estimate of drug-likeness (QED) is 0.286. The Hall–Kier alpha value is -1.14. The van der Waals surface area contributed by atoms with Gasteiger partial charge in [-0.05, 0) is 0 Å². The highest BCUT2D eigenvalue weighted by atomic mass is 16.4. The highest BCUT2D eigenvalue weighted by Crippen LogP contribution is 1.74. The second kappa shape index (κ2) is 6.56. The van der Waals surface area contributed by atoms with Crippen molar-refractivity contribution in [3.05, 3.63) is 0 Å². The fourth-order valence-electron chi connectivity index (χ4n) is 0.556. The molecule has 0 aliphatic heterocycles. The Bertz CT molecular complexity index is 169. The summed E-state index contributed by atoms with van der Waals surface area (Å²) in [6.07, 6.45) is 0. The lowest BCUT2D eigenvalue weighted by Crippen LogP contribution is -2.33. The zero-order valence-corrected chi connectivity index (χ0v) is 6.66. The Morgan fingerprint density at radius 3 is 2.67 bits per heavy atom. The van der Waals surface area contributed by atoms with Gasteiger partial charge in [0.05, 0.1) is 13.2 Å². The van der Waals surface area contributed by atoms with Gasteiger partial charge in [0.2, 0.25) is 0 Å². The third-order valence-electron chi connectivity index (χ3n) is 1.04. The van der Waals surface area contributed by atoms with Crippen molar-refractivity contribution in [2.75, 3.05) is 26.2 Å². The first-order chi connectivity index (χ1) is 5.70. The van der Waals surface area contributed by atoms with Gasteiger partial charge in [0.1, 0.15) is 12.4 Å². The number of rotatable bonds is 5. The summed E-state index contributed by atoms with van der Waals surface area (Å²) >= 11 is 0. The van der Waals surface area contributed by atoms with Crippen LogP contribution in [-0.2, 0) is 4.79 Å². The lowest BCUT2D eigenvalue weighted by Gasteiger charge is -2.04. The van der Waals surface area contributed by atoms with E-state index in [1.165, 1.54) is 0 Å². The minimum atomic E-state index is -1.01. The molecular weight excluding hydrogens is 162 g/mol. The molecule has 0 amide bonds. The van der Waals surface area contributed by atoms with E-state index in [4.69, 9.17) is 15.9 Å². The van der Waals surface area contributed by atoms with Crippen LogP contribution in [0.25, 0.3) is 0 Å². The first-order valence-corrected chi connectivity index (χ1v) is 3.50. The monoisotopic (exact) mass is 175 g/mol. The molecule has 70 valence electrons. The maximum absolute atomic E-state index is 10.1. The molecule has 0 spiro atoms. The van der Waals surface area contributed by atoms with E-state index in [1.807, 2.05) is 0 Å². The molecule has 0 aliphatic rings. The predicted octanol–water partition coefficient (Wildman–Crippen LogP) is -1.99. The summed E-state index contributed by atoms with van der Waals surface area (Å²) in [4.78, 5) is 13.7. The van der Waals surface area contributed by atoms with Crippen molar-refractivity contribution in [3.63, 3.8) is 0 Å². The molecule has 0 aromatic carbocycles. The summed E-state index contributed by atoms with van der Waals surface area (Å²) in [5.41, 5.74) is 5.23. The summed E-state index contributed by atoms with van der Waals surface area (Å²) in [6.45, 7) is 0.139. The molecular formula is C6H13N3O3. The maximum atomic E-state index is 10.1. The van der Waals surface area contributed by atoms with E-state index < -0.39 is 5.97 Å². The van der Waals surface area contributed by atoms with Crippen LogP contribution in [0.5, 0.6) is 0 Å². The molecule has 12 heavy (non-hydrogen) atoms. The maximum Gasteiger partial charge on any atom is 0.325 e. The fourth-order valence-corrected chi connectivity index (χ4v) is 0.556. The number of aliphatic imine (C=N–C) groups is 1. The van der Waals surface area contributed by atoms with Crippen molar-refractivity contribution in [2.24, 2.45) is 10.7 Å². The molecule has 0 saturated carbocycles. The highest BCUT2D eigenvalue weighted by molar-refractivity contribution is 5.85. The van der Waals surface area contributed by atoms with Crippen LogP contribution in [0.15, 0.2) is 4.99 Å². The molecule has 6 nitrogen and oxygen atoms in total. The Balaban J connectivity index is 3.78. The van der Waals surface area contributed by atoms with Gasteiger partial charge in [0.15, 0.2) is 0 Å². The zero-order chi connectivity index (χ0) is 9.40. The number of hydrogen-bond donors (Lipinski definition) is 4. The van der Waals surface area contributed by atoms with Gasteiger partial charge in [0.25, 0.3) is 0 Å². The summed E-state index contributed by atoms with van der Waals surface area (Å²) in [6, 6.07) is 0. The molecule has 0 atom stereocenters. The predicted molar refractivity (Wildman–Crippen MR) is 44.1 cm³/mol. The lowest BCUT2D eigenvalue weighted by atomic mass is 10.5. The standard InChI is InChI=1S/C6H13N3O3/c7-3-5(8-1-2-10)9-4-6(11)12/h10H,1-4,7H2,(H,8,9)(H,11,12). The van der Waals surface area contributed by atoms with Gasteiger partial charge in [0, 0.05) is 6.54 Å². The fraction of sp³-hybridized carbons (Fsp3) is 0.667. The van der Waals surface area contributed by atoms with Gasteiger partial charge in [-0.15, -0.1) is 0 Å². The van der Waals surface area contributed by atoms with E-state index in [2.05, 4.69) is 10.3 Å². The summed E-state index contributed by atoms with van der Waals surface area (Å²) in [7, 11) is 0. The second-order valence-corrected chi connectivity index (χ2v) is 2.01. The second-order valence-electron chi connectivity index (χ2n) is 2.01. The highest BCUT2D eigenvalue weighted by Gasteiger charge is 1.96. The Morgan fingerprint density at radius 2 is 2.25 bits per heavy atom. The molecule has 5 N–H and O–H groups in total. The number of nitrogens with one attached hydrogen (secondary N) is 1. The van der Waals surface area contributed by atoms with Crippen LogP contribution in [0.4, 0.5) is 0 Å². The average Bonchev–Trinajstić information content (AvgIpc) is 2.05. The van der Waals surface area contributed by atoms with Crippen LogP contribution in [0.1, 0.15) is 0 Å². The molecule has 0 aliphatic carbocycles. The topological polar surface area (TPSA) is 108 Å². The van der Waals surface area contributed by atoms with E-state index in [0.29, 0.717) is 12.4 Å². The molecule has 0 fully saturated rings. The molecule has 0 bridgehead atoms. The van der Waals surface area contributed by atoms with Crippen molar-refractivity contribution in [1.82, 2.24) is 5.32 Å². The number of hydrogen-bond acceptors (Lipinski definition) is 4. The molecule has 0 heterocycles. The van der Waals surface area contributed by atoms with Gasteiger partial charge in [-0.3, -0.25) is 9.79 Å². The number of carboxylic acid groups (broad SMARTS) is 1. The normalized spacial score (nSPS) is 11.3. The van der Waals surface area contributed by atoms with Crippen molar-refractivity contribution >= 4 is 11.8 Å². The number of aliphatic carboxylic acids is 1. The minimum Gasteiger partial charge on any atom is -0.480 e. The number of nitrogens with two attached hydrogens (primary N) is 1. The van der Waals surface area contributed by atoms with E-state index in [1.54, 1.807) is 0 Å². The Labute approximate surface area is 70.1 Å². The van der Waals surface area contributed by atoms with E-state index in [-0.39, 0.29) is 19.7 Å². The molecule has 0 aromatic rings. The molecule has 0 rings (SSSR count). The van der Waals surface area contributed by atoms with Crippen molar-refractivity contribution in [3.8, 4) is 0 Å². The SMILES string of the molecule is NCC(=NCC(=O)O)NCCO. The number of amidine groups is 1. The van der Waals surface area contributed by atoms with E-state index in [9.17, 15) is 4.79 Å². The first-order valence-electron chi connectivity index (χ1n) is 3.50. The van der Waals surface area contributed by atoms with Crippen LogP contribution >= 0.6 is 0 Å². The first kappa shape index (κ1) is 10.9. The van der Waals surface area contributed by atoms with Crippen LogP contribution in [-0.4, -0.2) is 48.3 Å². The van der Waals surface area contributed by atoms with Crippen LogP contribution < -0.4 is 11.1 Å². The van der Waals surface area contributed by atoms with Gasteiger partial charge >= 0.3 is 5.97 Å². The minimum absolute atomic E-state index is 0.0356. The molecule has 0 radical (unpaired) electrons. The van der Waals surface area contributed by atoms with E-state index >= 15 is 0 Å². The van der Waals surface area contributed by atoms with Crippen molar-refractivity contribution < 1.29 is 15.0 Å². The summed E-state index contributed by atoms with van der Waals surface area (Å²) in [5.74, 6) is -0.613. The van der Waals surface area contributed by atoms with Gasteiger partial charge in [-0.1, -0.05) is 0 Å². The average molecular weight is 175 g/mol. The Kier molecular flexibility index (Phi) is 5.94. The Morgan fingerprint density at radius 1 is 1.58 bits per heavy atom. The molecule has 6 heteroatoms. The summed E-state index contributed by atoms with van der Waals surface area (Å²) in [5, 5.41) is 19.4. The van der Waals surface area contributed by atoms with Gasteiger partial charge in [-0.25, -0.2) is 0 Å². The molecule has 0 aromatic heterocycles. The van der Waals surface area contributed by atoms with Crippen LogP contribution in [0, 0.1) is 0 Å². The van der Waals surface area contributed by atoms with Crippen molar-refractivity contribution in [1.29, 1.82) is 0 Å². The summed E-state index contributed by atoms with van der Waals surface area (Å²) < 4.78 is 0. The third kappa shape index (κ3) is 5.63. The number of carbonyl (C=O) groups is 1. The largest absolute Gasteiger partial charge is 0.480 e. The lowest BCUT2D eigenvalue weighted by molar-refractivity contribution is -0.135. The number of aliphatic hydroxyl groups excluding tert-OH is 1. The van der Waals surface area contributed by atoms with Gasteiger partial charge in [-0.2, -0.15) is 0 Å². The zero-order valence-electron chi connectivity index (χ0n) is 6.66. The number of aliphatic hydroxyl groups is 1. The van der Waals surface area contributed by atoms with Crippen LogP contribution in [0.2, 0.25) is 0 Å². The molecule has 0 saturated heterocycles. The van der Waals surface area contributed by atoms with Crippen molar-refractivity contribution in [2.45, 2.75) is 0 Å². The third-order valence-corrected chi connectivity index (χ3v) is 1.04. The van der Waals surface area contributed by atoms with Crippen LogP contribution in [0.3, 0.4) is 0 Å². The van der Waals surface area contributed by atoms with Gasteiger partial charge < -0.3 is 21.3 Å². The smallest absolute Gasteiger partial charge is 0.325 e. The molecule has 0 unspecified atom stereocenters. The van der Waals surface area contributed by atoms with E-state index in [0.717, 1.165) is 0 Å².